The fourth-order valence-corrected chi connectivity index (χ4v) is 1.83. The zero-order valence-electron chi connectivity index (χ0n) is 11.3. The number of hydrazone groups is 1. The molecule has 1 N–H and O–H groups in total. The first-order valence-electron chi connectivity index (χ1n) is 6.22. The van der Waals surface area contributed by atoms with Crippen LogP contribution in [0.4, 0.5) is 5.69 Å². The van der Waals surface area contributed by atoms with Gasteiger partial charge in [0, 0.05) is 11.2 Å². The molecule has 22 heavy (non-hydrogen) atoms. The van der Waals surface area contributed by atoms with E-state index in [0.717, 1.165) is 0 Å². The number of ketones is 1. The van der Waals surface area contributed by atoms with Crippen molar-refractivity contribution in [2.45, 2.75) is 0 Å². The number of Topliss-reactive ketones (excluding diaryl/α,β-unsaturated/α-hetero) is 1. The van der Waals surface area contributed by atoms with Crippen LogP contribution in [0.25, 0.3) is 0 Å². The van der Waals surface area contributed by atoms with Gasteiger partial charge in [0.1, 0.15) is 12.6 Å². The lowest BCUT2D eigenvalue weighted by atomic mass is 10.2. The third kappa shape index (κ3) is 3.51. The summed E-state index contributed by atoms with van der Waals surface area (Å²) < 4.78 is 0. The number of aromatic amines is 1. The van der Waals surface area contributed by atoms with Crippen LogP contribution in [0.1, 0.15) is 10.5 Å². The van der Waals surface area contributed by atoms with E-state index in [1.54, 1.807) is 48.7 Å². The van der Waals surface area contributed by atoms with Crippen molar-refractivity contribution >= 4 is 28.8 Å². The summed E-state index contributed by atoms with van der Waals surface area (Å²) in [6.45, 7) is -0.106. The number of H-pyrrole nitrogens is 1. The van der Waals surface area contributed by atoms with E-state index in [1.165, 1.54) is 5.01 Å². The smallest absolute Gasteiger partial charge is 0.240 e. The van der Waals surface area contributed by atoms with Gasteiger partial charge in [-0.1, -0.05) is 11.6 Å². The van der Waals surface area contributed by atoms with Crippen LogP contribution < -0.4 is 5.01 Å². The van der Waals surface area contributed by atoms with Crippen LogP contribution in [0.2, 0.25) is 5.02 Å². The first kappa shape index (κ1) is 15.3. The number of benzene rings is 1. The molecule has 0 saturated carbocycles. The molecule has 108 valence electrons. The second-order valence-corrected chi connectivity index (χ2v) is 4.60. The maximum atomic E-state index is 12.1. The van der Waals surface area contributed by atoms with Gasteiger partial charge in [0.05, 0.1) is 17.5 Å². The average molecular weight is 312 g/mol. The minimum absolute atomic E-state index is 0.106. The van der Waals surface area contributed by atoms with E-state index in [1.807, 2.05) is 6.07 Å². The predicted molar refractivity (Wildman–Crippen MR) is 82.6 cm³/mol. The molecule has 0 aliphatic heterocycles. The summed E-state index contributed by atoms with van der Waals surface area (Å²) in [5.41, 5.74) is 0.499. The number of anilines is 1. The van der Waals surface area contributed by atoms with Crippen molar-refractivity contribution in [3.63, 3.8) is 0 Å². The van der Waals surface area contributed by atoms with E-state index in [2.05, 4.69) is 10.1 Å². The van der Waals surface area contributed by atoms with E-state index < -0.39 is 5.78 Å². The summed E-state index contributed by atoms with van der Waals surface area (Å²) >= 11 is 5.81. The van der Waals surface area contributed by atoms with Gasteiger partial charge in [-0.3, -0.25) is 4.79 Å². The largest absolute Gasteiger partial charge is 0.358 e. The summed E-state index contributed by atoms with van der Waals surface area (Å²) in [5.74, 6) is -0.538. The van der Waals surface area contributed by atoms with E-state index in [4.69, 9.17) is 22.1 Å². The number of carbonyl (C=O) groups excluding carboxylic acids is 1. The molecular formula is C15H10ClN5O. The van der Waals surface area contributed by atoms with Crippen LogP contribution in [0.5, 0.6) is 0 Å². The van der Waals surface area contributed by atoms with Crippen molar-refractivity contribution < 1.29 is 4.79 Å². The Morgan fingerprint density at radius 1 is 1.27 bits per heavy atom. The Morgan fingerprint density at radius 2 is 2.00 bits per heavy atom. The SMILES string of the molecule is N#CCN(/N=C(\C#N)C(=O)c1ccc[nH]1)c1ccc(Cl)cc1. The number of halogens is 1. The van der Waals surface area contributed by atoms with E-state index in [9.17, 15) is 4.79 Å². The molecule has 0 atom stereocenters. The fraction of sp³-hybridized carbons (Fsp3) is 0.0667. The summed E-state index contributed by atoms with van der Waals surface area (Å²) in [4.78, 5) is 14.9. The second-order valence-electron chi connectivity index (χ2n) is 4.17. The standard InChI is InChI=1S/C15H10ClN5O/c16-11-3-5-12(6-4-11)21(9-7-17)20-14(10-18)15(22)13-2-1-8-19-13/h1-6,8,19H,9H2/b20-14+. The second kappa shape index (κ2) is 7.07. The highest BCUT2D eigenvalue weighted by Gasteiger charge is 2.17. The molecule has 0 unspecified atom stereocenters. The molecule has 6 nitrogen and oxygen atoms in total. The zero-order chi connectivity index (χ0) is 15.9. The first-order valence-corrected chi connectivity index (χ1v) is 6.60. The summed E-state index contributed by atoms with van der Waals surface area (Å²) in [5, 5.41) is 23.9. The first-order chi connectivity index (χ1) is 10.7. The average Bonchev–Trinajstić information content (AvgIpc) is 3.06. The number of nitrogens with one attached hydrogen (secondary N) is 1. The molecular weight excluding hydrogens is 302 g/mol. The van der Waals surface area contributed by atoms with Crippen molar-refractivity contribution in [3.05, 3.63) is 53.3 Å². The normalized spacial score (nSPS) is 10.6. The predicted octanol–water partition coefficient (Wildman–Crippen LogP) is 2.76. The molecule has 7 heteroatoms. The van der Waals surface area contributed by atoms with Gasteiger partial charge >= 0.3 is 0 Å². The van der Waals surface area contributed by atoms with Crippen LogP contribution >= 0.6 is 11.6 Å². The molecule has 0 saturated heterocycles. The van der Waals surface area contributed by atoms with Crippen LogP contribution in [-0.2, 0) is 0 Å². The van der Waals surface area contributed by atoms with Crippen molar-refractivity contribution in [3.8, 4) is 12.1 Å². The molecule has 0 spiro atoms. The highest BCUT2D eigenvalue weighted by Crippen LogP contribution is 2.18. The summed E-state index contributed by atoms with van der Waals surface area (Å²) in [6, 6.07) is 13.5. The van der Waals surface area contributed by atoms with Crippen molar-refractivity contribution in [2.75, 3.05) is 11.6 Å². The molecule has 0 bridgehead atoms. The van der Waals surface area contributed by atoms with Gasteiger partial charge in [0.15, 0.2) is 0 Å². The van der Waals surface area contributed by atoms with Gasteiger partial charge in [-0.2, -0.15) is 15.6 Å². The van der Waals surface area contributed by atoms with Gasteiger partial charge in [0.2, 0.25) is 11.5 Å². The number of rotatable bonds is 5. The van der Waals surface area contributed by atoms with Crippen LogP contribution in [0, 0.1) is 22.7 Å². The highest BCUT2D eigenvalue weighted by atomic mass is 35.5. The van der Waals surface area contributed by atoms with E-state index in [0.29, 0.717) is 10.7 Å². The molecule has 1 heterocycles. The molecule has 2 aromatic rings. The Bertz CT molecular complexity index is 766. The molecule has 0 aliphatic rings. The number of carbonyl (C=O) groups is 1. The molecule has 1 aromatic heterocycles. The fourth-order valence-electron chi connectivity index (χ4n) is 1.70. The lowest BCUT2D eigenvalue weighted by Crippen LogP contribution is -2.23. The van der Waals surface area contributed by atoms with Crippen LogP contribution in [-0.4, -0.2) is 23.0 Å². The van der Waals surface area contributed by atoms with Crippen molar-refractivity contribution in [1.29, 1.82) is 10.5 Å². The van der Waals surface area contributed by atoms with Gasteiger partial charge in [-0.05, 0) is 36.4 Å². The number of nitriles is 2. The van der Waals surface area contributed by atoms with Crippen LogP contribution in [0.15, 0.2) is 47.7 Å². The molecule has 0 aliphatic carbocycles. The van der Waals surface area contributed by atoms with E-state index in [-0.39, 0.29) is 18.0 Å². The Labute approximate surface area is 131 Å². The molecule has 0 fully saturated rings. The van der Waals surface area contributed by atoms with Gasteiger partial charge in [-0.15, -0.1) is 0 Å². The Hall–Kier alpha value is -3.09. The highest BCUT2D eigenvalue weighted by molar-refractivity contribution is 6.51. The van der Waals surface area contributed by atoms with Gasteiger partial charge < -0.3 is 4.98 Å². The lowest BCUT2D eigenvalue weighted by molar-refractivity contribution is 0.106. The van der Waals surface area contributed by atoms with E-state index >= 15 is 0 Å². The quantitative estimate of drug-likeness (QED) is 0.397. The minimum atomic E-state index is -0.538. The monoisotopic (exact) mass is 311 g/mol. The van der Waals surface area contributed by atoms with Crippen LogP contribution in [0.3, 0.4) is 0 Å². The molecule has 1 aromatic carbocycles. The lowest BCUT2D eigenvalue weighted by Gasteiger charge is -2.15. The summed E-state index contributed by atoms with van der Waals surface area (Å²) in [6.07, 6.45) is 1.58. The molecule has 0 radical (unpaired) electrons. The number of aromatic nitrogens is 1. The number of hydrogen-bond acceptors (Lipinski definition) is 5. The Morgan fingerprint density at radius 3 is 2.55 bits per heavy atom. The number of hydrogen-bond donors (Lipinski definition) is 1. The van der Waals surface area contributed by atoms with Crippen molar-refractivity contribution in [2.24, 2.45) is 5.10 Å². The third-order valence-electron chi connectivity index (χ3n) is 2.73. The maximum absolute atomic E-state index is 12.1. The Balaban J connectivity index is 2.35. The topological polar surface area (TPSA) is 96.0 Å². The van der Waals surface area contributed by atoms with Gasteiger partial charge in [-0.25, -0.2) is 5.01 Å². The van der Waals surface area contributed by atoms with Crippen molar-refractivity contribution in [1.82, 2.24) is 4.98 Å². The summed E-state index contributed by atoms with van der Waals surface area (Å²) in [7, 11) is 0. The molecule has 0 amide bonds. The van der Waals surface area contributed by atoms with Gasteiger partial charge in [0.25, 0.3) is 0 Å². The maximum Gasteiger partial charge on any atom is 0.240 e. The number of nitrogens with zero attached hydrogens (tertiary/aromatic N) is 4. The molecule has 2 rings (SSSR count). The zero-order valence-corrected chi connectivity index (χ0v) is 12.1. The Kier molecular flexibility index (Phi) is 4.92. The minimum Gasteiger partial charge on any atom is -0.358 e. The third-order valence-corrected chi connectivity index (χ3v) is 2.98.